The quantitative estimate of drug-likeness (QED) is 0.590. The lowest BCUT2D eigenvalue weighted by atomic mass is 9.99. The molecule has 1 N–H and O–H groups in total. The zero-order valence-corrected chi connectivity index (χ0v) is 18.8. The highest BCUT2D eigenvalue weighted by Gasteiger charge is 2.21. The molecule has 9 heteroatoms. The third-order valence-corrected chi connectivity index (χ3v) is 5.63. The number of nitrogens with one attached hydrogen (secondary N) is 1. The summed E-state index contributed by atoms with van der Waals surface area (Å²) in [6.07, 6.45) is -0.309. The molecule has 1 atom stereocenters. The van der Waals surface area contributed by atoms with Gasteiger partial charge >= 0.3 is 5.97 Å². The number of aromatic nitrogens is 3. The first-order valence-corrected chi connectivity index (χ1v) is 10.4. The van der Waals surface area contributed by atoms with Crippen molar-refractivity contribution in [2.45, 2.75) is 46.6 Å². The predicted molar refractivity (Wildman–Crippen MR) is 118 cm³/mol. The van der Waals surface area contributed by atoms with E-state index >= 15 is 0 Å². The van der Waals surface area contributed by atoms with E-state index in [4.69, 9.17) is 14.2 Å². The van der Waals surface area contributed by atoms with E-state index in [1.54, 1.807) is 29.8 Å². The Hall–Kier alpha value is -3.62. The van der Waals surface area contributed by atoms with Crippen LogP contribution in [0.5, 0.6) is 11.5 Å². The van der Waals surface area contributed by atoms with Crippen LogP contribution < -0.4 is 14.8 Å². The Bertz CT molecular complexity index is 1220. The van der Waals surface area contributed by atoms with Crippen molar-refractivity contribution in [1.82, 2.24) is 14.8 Å². The highest BCUT2D eigenvalue weighted by atomic mass is 16.7. The van der Waals surface area contributed by atoms with Crippen LogP contribution in [-0.4, -0.2) is 39.5 Å². The number of anilines is 1. The number of ether oxygens (including phenoxy) is 3. The minimum Gasteiger partial charge on any atom is -0.454 e. The van der Waals surface area contributed by atoms with E-state index in [0.717, 1.165) is 33.5 Å². The van der Waals surface area contributed by atoms with Gasteiger partial charge in [0.15, 0.2) is 23.3 Å². The van der Waals surface area contributed by atoms with Gasteiger partial charge in [0.25, 0.3) is 5.91 Å². The van der Waals surface area contributed by atoms with Gasteiger partial charge in [-0.05, 0) is 57.4 Å². The van der Waals surface area contributed by atoms with Crippen LogP contribution in [0.25, 0.3) is 11.0 Å². The summed E-state index contributed by atoms with van der Waals surface area (Å²) in [5.74, 6) is 0.327. The molecule has 0 bridgehead atoms. The second-order valence-corrected chi connectivity index (χ2v) is 7.90. The maximum absolute atomic E-state index is 12.4. The largest absolute Gasteiger partial charge is 0.454 e. The summed E-state index contributed by atoms with van der Waals surface area (Å²) in [6.45, 7) is 7.60. The minimum absolute atomic E-state index is 0.149. The van der Waals surface area contributed by atoms with Gasteiger partial charge in [-0.1, -0.05) is 0 Å². The minimum atomic E-state index is -0.934. The summed E-state index contributed by atoms with van der Waals surface area (Å²) in [5, 5.41) is 8.18. The van der Waals surface area contributed by atoms with Gasteiger partial charge in [0.1, 0.15) is 0 Å². The number of amides is 1. The van der Waals surface area contributed by atoms with Gasteiger partial charge in [-0.25, -0.2) is 4.98 Å². The maximum Gasteiger partial charge on any atom is 0.306 e. The normalized spacial score (nSPS) is 13.3. The number of rotatable bonds is 6. The molecule has 0 radical (unpaired) electrons. The van der Waals surface area contributed by atoms with E-state index in [1.165, 1.54) is 0 Å². The summed E-state index contributed by atoms with van der Waals surface area (Å²) >= 11 is 0. The van der Waals surface area contributed by atoms with Gasteiger partial charge in [-0.15, -0.1) is 0 Å². The second kappa shape index (κ2) is 8.49. The number of benzene rings is 1. The van der Waals surface area contributed by atoms with E-state index in [9.17, 15) is 9.59 Å². The molecular formula is C23H26N4O5. The molecule has 2 aromatic heterocycles. The highest BCUT2D eigenvalue weighted by Crippen LogP contribution is 2.34. The average molecular weight is 438 g/mol. The van der Waals surface area contributed by atoms with E-state index in [1.807, 2.05) is 27.8 Å². The van der Waals surface area contributed by atoms with Gasteiger partial charge in [0.05, 0.1) is 5.69 Å². The van der Waals surface area contributed by atoms with E-state index in [2.05, 4.69) is 15.4 Å². The Balaban J connectivity index is 1.36. The number of aryl methyl sites for hydroxylation is 4. The number of fused-ring (bicyclic) bond motifs is 2. The molecule has 3 aromatic rings. The Morgan fingerprint density at radius 1 is 1.19 bits per heavy atom. The second-order valence-electron chi connectivity index (χ2n) is 7.90. The van der Waals surface area contributed by atoms with Gasteiger partial charge in [0.2, 0.25) is 6.79 Å². The number of carbonyl (C=O) groups is 2. The van der Waals surface area contributed by atoms with Crippen LogP contribution in [0, 0.1) is 20.8 Å². The highest BCUT2D eigenvalue weighted by molar-refractivity contribution is 5.95. The van der Waals surface area contributed by atoms with E-state index < -0.39 is 18.0 Å². The molecule has 1 aromatic carbocycles. The maximum atomic E-state index is 12.4. The summed E-state index contributed by atoms with van der Waals surface area (Å²) in [6, 6.07) is 5.09. The third kappa shape index (κ3) is 4.10. The first-order chi connectivity index (χ1) is 15.2. The summed E-state index contributed by atoms with van der Waals surface area (Å²) < 4.78 is 17.7. The van der Waals surface area contributed by atoms with Crippen LogP contribution in [0.1, 0.15) is 35.9 Å². The predicted octanol–water partition coefficient (Wildman–Crippen LogP) is 3.13. The Morgan fingerprint density at radius 3 is 2.72 bits per heavy atom. The molecule has 1 aliphatic heterocycles. The van der Waals surface area contributed by atoms with Crippen LogP contribution in [0.3, 0.4) is 0 Å². The van der Waals surface area contributed by atoms with Gasteiger partial charge < -0.3 is 19.5 Å². The molecule has 3 heterocycles. The van der Waals surface area contributed by atoms with Crippen molar-refractivity contribution in [2.75, 3.05) is 12.1 Å². The van der Waals surface area contributed by atoms with Crippen molar-refractivity contribution in [3.63, 3.8) is 0 Å². The van der Waals surface area contributed by atoms with Gasteiger partial charge in [0, 0.05) is 36.3 Å². The summed E-state index contributed by atoms with van der Waals surface area (Å²) in [7, 11) is 1.87. The Labute approximate surface area is 185 Å². The number of carbonyl (C=O) groups excluding carboxylic acids is 2. The molecule has 4 rings (SSSR count). The van der Waals surface area contributed by atoms with Crippen LogP contribution in [0.2, 0.25) is 0 Å². The molecular weight excluding hydrogens is 412 g/mol. The third-order valence-electron chi connectivity index (χ3n) is 5.63. The number of nitrogens with zero attached hydrogens (tertiary/aromatic N) is 3. The Morgan fingerprint density at radius 2 is 1.94 bits per heavy atom. The fourth-order valence-corrected chi connectivity index (χ4v) is 3.99. The number of esters is 1. The van der Waals surface area contributed by atoms with Crippen molar-refractivity contribution < 1.29 is 23.8 Å². The van der Waals surface area contributed by atoms with Gasteiger partial charge in [-0.3, -0.25) is 14.3 Å². The fourth-order valence-electron chi connectivity index (χ4n) is 3.99. The lowest BCUT2D eigenvalue weighted by molar-refractivity contribution is -0.153. The van der Waals surface area contributed by atoms with Crippen molar-refractivity contribution in [2.24, 2.45) is 7.05 Å². The summed E-state index contributed by atoms with van der Waals surface area (Å²) in [4.78, 5) is 29.5. The average Bonchev–Trinajstić information content (AvgIpc) is 3.31. The van der Waals surface area contributed by atoms with Crippen LogP contribution in [-0.2, 0) is 27.8 Å². The SMILES string of the molecule is Cc1nc2c(c(C)nn2C)c(C)c1CCC(=O)OC(C)C(=O)Nc1ccc2c(c1)OCO2. The molecule has 168 valence electrons. The molecule has 1 amide bonds. The first kappa shape index (κ1) is 21.6. The van der Waals surface area contributed by atoms with E-state index in [0.29, 0.717) is 23.6 Å². The molecule has 0 fully saturated rings. The molecule has 0 saturated heterocycles. The van der Waals surface area contributed by atoms with Gasteiger partial charge in [-0.2, -0.15) is 5.10 Å². The lowest BCUT2D eigenvalue weighted by Gasteiger charge is -2.15. The molecule has 0 saturated carbocycles. The van der Waals surface area contributed by atoms with E-state index in [-0.39, 0.29) is 13.2 Å². The smallest absolute Gasteiger partial charge is 0.306 e. The topological polar surface area (TPSA) is 105 Å². The Kier molecular flexibility index (Phi) is 5.73. The molecule has 1 unspecified atom stereocenters. The van der Waals surface area contributed by atoms with Crippen LogP contribution >= 0.6 is 0 Å². The monoisotopic (exact) mass is 438 g/mol. The first-order valence-electron chi connectivity index (χ1n) is 10.4. The summed E-state index contributed by atoms with van der Waals surface area (Å²) in [5.41, 5.74) is 5.21. The van der Waals surface area contributed by atoms with Crippen molar-refractivity contribution in [3.05, 3.63) is 40.7 Å². The number of hydrogen-bond acceptors (Lipinski definition) is 7. The molecule has 9 nitrogen and oxygen atoms in total. The van der Waals surface area contributed by atoms with Crippen molar-refractivity contribution in [3.8, 4) is 11.5 Å². The fraction of sp³-hybridized carbons (Fsp3) is 0.391. The number of hydrogen-bond donors (Lipinski definition) is 1. The zero-order valence-electron chi connectivity index (χ0n) is 18.8. The zero-order chi connectivity index (χ0) is 23.0. The molecule has 0 spiro atoms. The molecule has 32 heavy (non-hydrogen) atoms. The van der Waals surface area contributed by atoms with Crippen LogP contribution in [0.4, 0.5) is 5.69 Å². The molecule has 1 aliphatic rings. The standard InChI is InChI=1S/C23H26N4O5/c1-12-17(13(2)24-22-21(12)14(3)26-27(22)5)7-9-20(28)32-15(4)23(29)25-16-6-8-18-19(10-16)31-11-30-18/h6,8,10,15H,7,9,11H2,1-5H3,(H,25,29). The van der Waals surface area contributed by atoms with Crippen molar-refractivity contribution >= 4 is 28.6 Å². The number of pyridine rings is 1. The van der Waals surface area contributed by atoms with Crippen LogP contribution in [0.15, 0.2) is 18.2 Å². The molecule has 0 aliphatic carbocycles. The lowest BCUT2D eigenvalue weighted by Crippen LogP contribution is -2.30. The van der Waals surface area contributed by atoms with Crippen molar-refractivity contribution in [1.29, 1.82) is 0 Å².